The fourth-order valence-electron chi connectivity index (χ4n) is 7.39. The van der Waals surface area contributed by atoms with Gasteiger partial charge >= 0.3 is 0 Å². The van der Waals surface area contributed by atoms with Crippen LogP contribution in [0.15, 0.2) is 134 Å². The van der Waals surface area contributed by atoms with E-state index in [0.29, 0.717) is 72.7 Å². The van der Waals surface area contributed by atoms with Gasteiger partial charge in [0.25, 0.3) is 0 Å². The largest absolute Gasteiger partial charge is 0.507 e. The van der Waals surface area contributed by atoms with Crippen molar-refractivity contribution in [1.82, 2.24) is 14.5 Å². The molecule has 1 N–H and O–H groups in total. The SMILES string of the molecule is [2H]C([2H])([2H])c1cc(-n2c(-c3cc(C)cc(C)c3O)nc3c(-c4[c-]c(-c5cc(-c6ccc(C(C([2H])([2H])[2H])(C([2H])([2H])[2H])C([2H])([2H])[2H])cc6)ccn5)cc(C(C)(C)C)c4)cccc32)ccc1-c1ccccc1.[Pt]. The molecule has 2 aromatic heterocycles. The molecule has 8 rings (SSSR count). The van der Waals surface area contributed by atoms with E-state index >= 15 is 0 Å². The molecule has 8 aromatic rings. The Kier molecular flexibility index (Phi) is 7.54. The van der Waals surface area contributed by atoms with Crippen LogP contribution in [0.5, 0.6) is 5.75 Å². The Bertz CT molecular complexity index is 3200. The second-order valence-corrected chi connectivity index (χ2v) is 15.7. The molecular weight excluding hydrogens is 890 g/mol. The van der Waals surface area contributed by atoms with Crippen LogP contribution in [0.3, 0.4) is 0 Å². The van der Waals surface area contributed by atoms with Crippen molar-refractivity contribution < 1.29 is 42.6 Å². The zero-order valence-electron chi connectivity index (χ0n) is 44.8. The maximum atomic E-state index is 11.6. The number of aryl methyl sites for hydroxylation is 3. The number of fused-ring (bicyclic) bond motifs is 1. The number of phenolic OH excluding ortho intramolecular Hbond substituents is 1. The first-order valence-corrected chi connectivity index (χ1v) is 18.8. The average Bonchev–Trinajstić information content (AvgIpc) is 3.66. The van der Waals surface area contributed by atoms with Crippen LogP contribution in [0.4, 0.5) is 0 Å². The number of pyridine rings is 1. The van der Waals surface area contributed by atoms with Crippen molar-refractivity contribution >= 4 is 11.0 Å². The van der Waals surface area contributed by atoms with Gasteiger partial charge in [-0.05, 0) is 106 Å². The molecule has 0 fully saturated rings. The summed E-state index contributed by atoms with van der Waals surface area (Å²) in [5.41, 5.74) is 6.26. The van der Waals surface area contributed by atoms with Crippen molar-refractivity contribution in [2.45, 2.75) is 72.9 Å². The molecule has 0 atom stereocenters. The fraction of sp³-hybridized carbons (Fsp3) is 0.208. The standard InChI is InChI=1S/C53H50N3O.Pt/c1-33-26-35(3)50(57)46(27-33)51-55-49-45(16-13-17-48(49)56(51)43-22-23-44(34(2)28-43)37-14-11-10-12-15-37)39-29-40(31-42(30-39)53(7,8)9)47-32-38(24-25-54-47)36-18-20-41(21-19-36)52(4,5)6;/h10-28,30-32,57H,1-9H3;/q-1;/i2D3,4D3,5D3,6D3;. The summed E-state index contributed by atoms with van der Waals surface area (Å²) < 4.78 is 101. The second-order valence-electron chi connectivity index (χ2n) is 15.7. The summed E-state index contributed by atoms with van der Waals surface area (Å²) in [6.45, 7) is -2.58. The molecule has 0 bridgehead atoms. The number of aromatic nitrogens is 3. The van der Waals surface area contributed by atoms with Crippen molar-refractivity contribution in [1.29, 1.82) is 0 Å². The molecule has 2 heterocycles. The maximum absolute atomic E-state index is 11.6. The minimum atomic E-state index is -3.39. The van der Waals surface area contributed by atoms with Gasteiger partial charge in [0.05, 0.1) is 16.6 Å². The van der Waals surface area contributed by atoms with Crippen molar-refractivity contribution in [2.24, 2.45) is 0 Å². The Morgan fingerprint density at radius 3 is 2.12 bits per heavy atom. The van der Waals surface area contributed by atoms with Gasteiger partial charge in [-0.15, -0.1) is 29.3 Å². The summed E-state index contributed by atoms with van der Waals surface area (Å²) in [5.74, 6) is 0.457. The molecule has 0 spiro atoms. The smallest absolute Gasteiger partial charge is 0.148 e. The van der Waals surface area contributed by atoms with Gasteiger partial charge in [-0.1, -0.05) is 137 Å². The summed E-state index contributed by atoms with van der Waals surface area (Å²) in [6, 6.07) is 41.1. The number of hydrogen-bond acceptors (Lipinski definition) is 3. The molecule has 0 saturated carbocycles. The first-order chi connectivity index (χ1) is 32.1. The number of nitrogens with zero attached hydrogens (tertiary/aromatic N) is 3. The molecule has 294 valence electrons. The number of rotatable bonds is 6. The third-order valence-electron chi connectivity index (χ3n) is 10.4. The van der Waals surface area contributed by atoms with E-state index in [1.807, 2.05) is 103 Å². The topological polar surface area (TPSA) is 50.9 Å². The number of aromatic hydroxyl groups is 1. The molecule has 0 amide bonds. The quantitative estimate of drug-likeness (QED) is 0.169. The number of imidazole rings is 1. The minimum Gasteiger partial charge on any atom is -0.507 e. The predicted molar refractivity (Wildman–Crippen MR) is 238 cm³/mol. The molecule has 0 aliphatic heterocycles. The summed E-state index contributed by atoms with van der Waals surface area (Å²) >= 11 is 0. The number of benzene rings is 6. The molecular formula is C53H50N3OPt-. The Balaban J connectivity index is 0.00000722. The third-order valence-corrected chi connectivity index (χ3v) is 10.4. The summed E-state index contributed by atoms with van der Waals surface area (Å²) in [6.07, 6.45) is 1.62. The van der Waals surface area contributed by atoms with Crippen LogP contribution in [0.2, 0.25) is 0 Å². The van der Waals surface area contributed by atoms with E-state index in [2.05, 4.69) is 32.9 Å². The first kappa shape index (κ1) is 28.0. The maximum Gasteiger partial charge on any atom is 0.148 e. The van der Waals surface area contributed by atoms with Crippen molar-refractivity contribution in [3.8, 4) is 67.5 Å². The molecule has 0 saturated heterocycles. The van der Waals surface area contributed by atoms with Crippen LogP contribution in [0.25, 0.3) is 72.7 Å². The Morgan fingerprint density at radius 2 is 1.40 bits per heavy atom. The van der Waals surface area contributed by atoms with Gasteiger partial charge in [0, 0.05) is 55.1 Å². The van der Waals surface area contributed by atoms with Crippen LogP contribution in [-0.4, -0.2) is 19.6 Å². The zero-order valence-corrected chi connectivity index (χ0v) is 35.1. The van der Waals surface area contributed by atoms with Crippen LogP contribution < -0.4 is 0 Å². The van der Waals surface area contributed by atoms with Crippen molar-refractivity contribution in [2.75, 3.05) is 0 Å². The van der Waals surface area contributed by atoms with Gasteiger partial charge in [-0.25, -0.2) is 4.98 Å². The van der Waals surface area contributed by atoms with Gasteiger partial charge in [-0.3, -0.25) is 9.55 Å². The molecule has 0 aliphatic rings. The van der Waals surface area contributed by atoms with E-state index in [9.17, 15) is 5.11 Å². The van der Waals surface area contributed by atoms with Crippen LogP contribution in [0, 0.1) is 26.8 Å². The molecule has 5 heteroatoms. The van der Waals surface area contributed by atoms with E-state index in [-0.39, 0.29) is 43.4 Å². The van der Waals surface area contributed by atoms with E-state index in [0.717, 1.165) is 16.7 Å². The number of hydrogen-bond donors (Lipinski definition) is 1. The average molecular weight is 952 g/mol. The monoisotopic (exact) mass is 951 g/mol. The number of phenols is 1. The van der Waals surface area contributed by atoms with Gasteiger partial charge < -0.3 is 5.11 Å². The van der Waals surface area contributed by atoms with Gasteiger partial charge in [0.2, 0.25) is 0 Å². The molecule has 4 nitrogen and oxygen atoms in total. The van der Waals surface area contributed by atoms with Crippen LogP contribution in [-0.2, 0) is 31.9 Å². The van der Waals surface area contributed by atoms with Gasteiger partial charge in [0.1, 0.15) is 11.6 Å². The Morgan fingerprint density at radius 1 is 0.638 bits per heavy atom. The number of para-hydroxylation sites is 1. The zero-order chi connectivity index (χ0) is 50.2. The molecule has 0 unspecified atom stereocenters. The van der Waals surface area contributed by atoms with E-state index in [1.54, 1.807) is 18.3 Å². The normalized spacial score (nSPS) is 15.7. The van der Waals surface area contributed by atoms with Crippen LogP contribution >= 0.6 is 0 Å². The molecule has 0 radical (unpaired) electrons. The van der Waals surface area contributed by atoms with Crippen molar-refractivity contribution in [3.63, 3.8) is 0 Å². The van der Waals surface area contributed by atoms with E-state index in [4.69, 9.17) is 26.4 Å². The van der Waals surface area contributed by atoms with E-state index in [1.165, 1.54) is 24.3 Å². The summed E-state index contributed by atoms with van der Waals surface area (Å²) in [7, 11) is 0. The third kappa shape index (κ3) is 7.83. The Labute approximate surface area is 374 Å². The molecule has 0 aliphatic carbocycles. The van der Waals surface area contributed by atoms with Gasteiger partial charge in [0.15, 0.2) is 0 Å². The molecule has 58 heavy (non-hydrogen) atoms. The molecule has 6 aromatic carbocycles. The minimum absolute atomic E-state index is 0. The fourth-order valence-corrected chi connectivity index (χ4v) is 7.39. The second kappa shape index (κ2) is 15.6. The predicted octanol–water partition coefficient (Wildman–Crippen LogP) is 13.8. The van der Waals surface area contributed by atoms with Crippen LogP contribution in [0.1, 0.15) is 85.6 Å². The first-order valence-electron chi connectivity index (χ1n) is 24.8. The summed E-state index contributed by atoms with van der Waals surface area (Å²) in [4.78, 5) is 10.0. The van der Waals surface area contributed by atoms with E-state index < -0.39 is 32.8 Å². The Hall–Kier alpha value is -5.57. The van der Waals surface area contributed by atoms with Gasteiger partial charge in [-0.2, -0.15) is 0 Å². The summed E-state index contributed by atoms with van der Waals surface area (Å²) in [5, 5.41) is 11.6. The van der Waals surface area contributed by atoms with Crippen molar-refractivity contribution in [3.05, 3.63) is 167 Å².